The van der Waals surface area contributed by atoms with Gasteiger partial charge >= 0.3 is 5.97 Å². The molecule has 0 aromatic rings. The first-order chi connectivity index (χ1) is 7.76. The number of carboxylic acids is 1. The van der Waals surface area contributed by atoms with Gasteiger partial charge in [0.1, 0.15) is 0 Å². The zero-order valence-electron chi connectivity index (χ0n) is 11.4. The quantitative estimate of drug-likeness (QED) is 0.721. The fourth-order valence-electron chi connectivity index (χ4n) is 1.48. The molecule has 0 aromatic heterocycles. The van der Waals surface area contributed by atoms with Gasteiger partial charge in [-0.2, -0.15) is 0 Å². The van der Waals surface area contributed by atoms with Gasteiger partial charge in [0.15, 0.2) is 0 Å². The lowest BCUT2D eigenvalue weighted by Crippen LogP contribution is -2.33. The van der Waals surface area contributed by atoms with Crippen LogP contribution in [0.4, 0.5) is 0 Å². The number of carbonyl (C=O) groups excluding carboxylic acids is 1. The highest BCUT2D eigenvalue weighted by atomic mass is 16.4. The molecule has 4 heteroatoms. The van der Waals surface area contributed by atoms with Crippen molar-refractivity contribution in [2.45, 2.75) is 53.4 Å². The van der Waals surface area contributed by atoms with Gasteiger partial charge in [0.25, 0.3) is 0 Å². The van der Waals surface area contributed by atoms with E-state index in [1.54, 1.807) is 0 Å². The lowest BCUT2D eigenvalue weighted by molar-refractivity contribution is -0.141. The summed E-state index contributed by atoms with van der Waals surface area (Å²) in [5.74, 6) is -1.34. The molecule has 1 unspecified atom stereocenters. The molecule has 0 aliphatic rings. The Morgan fingerprint density at radius 1 is 1.29 bits per heavy atom. The minimum Gasteiger partial charge on any atom is -0.481 e. The van der Waals surface area contributed by atoms with E-state index < -0.39 is 11.9 Å². The molecule has 0 saturated carbocycles. The van der Waals surface area contributed by atoms with E-state index in [2.05, 4.69) is 26.1 Å². The van der Waals surface area contributed by atoms with Crippen molar-refractivity contribution in [3.8, 4) is 0 Å². The Labute approximate surface area is 104 Å². The molecule has 0 aliphatic heterocycles. The van der Waals surface area contributed by atoms with Crippen molar-refractivity contribution in [2.75, 3.05) is 6.54 Å². The summed E-state index contributed by atoms with van der Waals surface area (Å²) in [5, 5.41) is 11.6. The largest absolute Gasteiger partial charge is 0.481 e. The Kier molecular flexibility index (Phi) is 6.85. The smallest absolute Gasteiger partial charge is 0.308 e. The van der Waals surface area contributed by atoms with Gasteiger partial charge in [-0.15, -0.1) is 0 Å². The van der Waals surface area contributed by atoms with E-state index in [1.165, 1.54) is 0 Å². The average molecular weight is 243 g/mol. The molecule has 0 rings (SSSR count). The van der Waals surface area contributed by atoms with Crippen molar-refractivity contribution in [3.63, 3.8) is 0 Å². The van der Waals surface area contributed by atoms with Crippen LogP contribution >= 0.6 is 0 Å². The number of aliphatic carboxylic acids is 1. The van der Waals surface area contributed by atoms with Crippen molar-refractivity contribution in [2.24, 2.45) is 11.3 Å². The van der Waals surface area contributed by atoms with E-state index >= 15 is 0 Å². The fraction of sp³-hybridized carbons (Fsp3) is 0.846. The maximum Gasteiger partial charge on any atom is 0.308 e. The van der Waals surface area contributed by atoms with E-state index in [0.29, 0.717) is 12.8 Å². The van der Waals surface area contributed by atoms with Crippen molar-refractivity contribution in [3.05, 3.63) is 0 Å². The summed E-state index contributed by atoms with van der Waals surface area (Å²) in [4.78, 5) is 22.4. The van der Waals surface area contributed by atoms with Crippen LogP contribution < -0.4 is 5.32 Å². The lowest BCUT2D eigenvalue weighted by Gasteiger charge is -2.18. The Morgan fingerprint density at radius 3 is 2.29 bits per heavy atom. The summed E-state index contributed by atoms with van der Waals surface area (Å²) in [7, 11) is 0. The molecule has 0 aromatic carbocycles. The molecular formula is C13H25NO3. The highest BCUT2D eigenvalue weighted by Crippen LogP contribution is 2.20. The zero-order valence-corrected chi connectivity index (χ0v) is 11.4. The molecule has 0 saturated heterocycles. The van der Waals surface area contributed by atoms with Gasteiger partial charge in [-0.05, 0) is 18.3 Å². The molecule has 0 radical (unpaired) electrons. The van der Waals surface area contributed by atoms with Crippen LogP contribution in [0, 0.1) is 11.3 Å². The first kappa shape index (κ1) is 15.9. The SMILES string of the molecule is CCCC(CNC(=O)CCC(C)(C)C)C(=O)O. The van der Waals surface area contributed by atoms with E-state index in [1.807, 2.05) is 6.92 Å². The zero-order chi connectivity index (χ0) is 13.5. The highest BCUT2D eigenvalue weighted by Gasteiger charge is 2.18. The maximum absolute atomic E-state index is 11.5. The molecule has 1 amide bonds. The number of rotatable bonds is 7. The molecule has 0 heterocycles. The number of carbonyl (C=O) groups is 2. The minimum atomic E-state index is -0.831. The Hall–Kier alpha value is -1.06. The summed E-state index contributed by atoms with van der Waals surface area (Å²) in [6, 6.07) is 0. The molecular weight excluding hydrogens is 218 g/mol. The van der Waals surface area contributed by atoms with E-state index in [0.717, 1.165) is 12.8 Å². The molecule has 0 bridgehead atoms. The predicted octanol–water partition coefficient (Wildman–Crippen LogP) is 2.43. The van der Waals surface area contributed by atoms with E-state index in [9.17, 15) is 9.59 Å². The number of nitrogens with one attached hydrogen (secondary N) is 1. The Bertz CT molecular complexity index is 256. The van der Waals surface area contributed by atoms with Crippen molar-refractivity contribution < 1.29 is 14.7 Å². The molecule has 1 atom stereocenters. The summed E-state index contributed by atoms with van der Waals surface area (Å²) in [6.45, 7) is 8.43. The third-order valence-electron chi connectivity index (χ3n) is 2.63. The maximum atomic E-state index is 11.5. The van der Waals surface area contributed by atoms with Crippen molar-refractivity contribution in [1.82, 2.24) is 5.32 Å². The van der Waals surface area contributed by atoms with Crippen LogP contribution in [-0.2, 0) is 9.59 Å². The van der Waals surface area contributed by atoms with Crippen LogP contribution in [0.5, 0.6) is 0 Å². The summed E-state index contributed by atoms with van der Waals surface area (Å²) >= 11 is 0. The van der Waals surface area contributed by atoms with Crippen molar-refractivity contribution in [1.29, 1.82) is 0 Å². The normalized spacial score (nSPS) is 13.2. The number of amides is 1. The molecule has 2 N–H and O–H groups in total. The monoisotopic (exact) mass is 243 g/mol. The van der Waals surface area contributed by atoms with Gasteiger partial charge in [-0.1, -0.05) is 34.1 Å². The van der Waals surface area contributed by atoms with Gasteiger partial charge in [0, 0.05) is 13.0 Å². The van der Waals surface area contributed by atoms with Gasteiger partial charge < -0.3 is 10.4 Å². The predicted molar refractivity (Wildman–Crippen MR) is 67.7 cm³/mol. The second kappa shape index (κ2) is 7.30. The van der Waals surface area contributed by atoms with Gasteiger partial charge in [0.2, 0.25) is 5.91 Å². The van der Waals surface area contributed by atoms with E-state index in [4.69, 9.17) is 5.11 Å². The lowest BCUT2D eigenvalue weighted by atomic mass is 9.90. The third kappa shape index (κ3) is 8.72. The van der Waals surface area contributed by atoms with Gasteiger partial charge in [-0.3, -0.25) is 9.59 Å². The Balaban J connectivity index is 3.92. The summed E-state index contributed by atoms with van der Waals surface area (Å²) in [6.07, 6.45) is 2.69. The second-order valence-corrected chi connectivity index (χ2v) is 5.69. The number of carboxylic acid groups (broad SMARTS) is 1. The standard InChI is InChI=1S/C13H25NO3/c1-5-6-10(12(16)17)9-14-11(15)7-8-13(2,3)4/h10H,5-9H2,1-4H3,(H,14,15)(H,16,17). The minimum absolute atomic E-state index is 0.0534. The highest BCUT2D eigenvalue weighted by molar-refractivity contribution is 5.77. The summed E-state index contributed by atoms with van der Waals surface area (Å²) in [5.41, 5.74) is 0.132. The molecule has 100 valence electrons. The molecule has 0 aliphatic carbocycles. The van der Waals surface area contributed by atoms with Gasteiger partial charge in [0.05, 0.1) is 5.92 Å². The Morgan fingerprint density at radius 2 is 1.88 bits per heavy atom. The third-order valence-corrected chi connectivity index (χ3v) is 2.63. The van der Waals surface area contributed by atoms with Crippen LogP contribution in [0.25, 0.3) is 0 Å². The molecule has 0 fully saturated rings. The molecule has 4 nitrogen and oxygen atoms in total. The first-order valence-electron chi connectivity index (χ1n) is 6.25. The average Bonchev–Trinajstić information content (AvgIpc) is 2.19. The molecule has 0 spiro atoms. The van der Waals surface area contributed by atoms with Crippen LogP contribution in [0.3, 0.4) is 0 Å². The van der Waals surface area contributed by atoms with Gasteiger partial charge in [-0.25, -0.2) is 0 Å². The van der Waals surface area contributed by atoms with Crippen LogP contribution in [0.1, 0.15) is 53.4 Å². The van der Waals surface area contributed by atoms with Crippen LogP contribution in [-0.4, -0.2) is 23.5 Å². The van der Waals surface area contributed by atoms with Crippen molar-refractivity contribution >= 4 is 11.9 Å². The molecule has 17 heavy (non-hydrogen) atoms. The number of hydrogen-bond acceptors (Lipinski definition) is 2. The first-order valence-corrected chi connectivity index (χ1v) is 6.25. The fourth-order valence-corrected chi connectivity index (χ4v) is 1.48. The van der Waals surface area contributed by atoms with Crippen LogP contribution in [0.15, 0.2) is 0 Å². The van der Waals surface area contributed by atoms with Crippen LogP contribution in [0.2, 0.25) is 0 Å². The van der Waals surface area contributed by atoms with E-state index in [-0.39, 0.29) is 17.9 Å². The second-order valence-electron chi connectivity index (χ2n) is 5.69. The topological polar surface area (TPSA) is 66.4 Å². The summed E-state index contributed by atoms with van der Waals surface area (Å²) < 4.78 is 0. The number of hydrogen-bond donors (Lipinski definition) is 2.